The number of amides is 2. The number of thioether (sulfide) groups is 1. The van der Waals surface area contributed by atoms with Gasteiger partial charge in [-0.15, -0.1) is 18.3 Å². The molecule has 2 heterocycles. The number of nitrogens with one attached hydrogen (secondary N) is 1. The maximum atomic E-state index is 14.8. The molecule has 0 atom stereocenters. The lowest BCUT2D eigenvalue weighted by Gasteiger charge is -2.22. The standard InChI is InChI=1S/C29H24F4N6O2S/c1-18-4-3-5-19(2)25(18)38-14-15-42-28(38)36-27(40)34-16-24(30)20-6-8-21(9-7-20)26-35-17-39(37-26)22-10-12-23(13-11-22)41-29(31,32)33/h3-13,16-17H,14-15H2,1-2H3,(H,34,40)/b24-16-,36-28?. The number of halogens is 4. The molecule has 1 saturated heterocycles. The van der Waals surface area contributed by atoms with Crippen molar-refractivity contribution < 1.29 is 27.1 Å². The van der Waals surface area contributed by atoms with Gasteiger partial charge in [0.1, 0.15) is 17.9 Å². The van der Waals surface area contributed by atoms with Crippen LogP contribution < -0.4 is 15.0 Å². The molecule has 5 rings (SSSR count). The zero-order valence-electron chi connectivity index (χ0n) is 22.4. The van der Waals surface area contributed by atoms with Gasteiger partial charge in [0.05, 0.1) is 5.69 Å². The van der Waals surface area contributed by atoms with Gasteiger partial charge >= 0.3 is 12.4 Å². The third kappa shape index (κ3) is 6.79. The number of amidine groups is 1. The number of carbonyl (C=O) groups is 1. The third-order valence-electron chi connectivity index (χ3n) is 6.25. The Balaban J connectivity index is 1.22. The summed E-state index contributed by atoms with van der Waals surface area (Å²) in [6, 6.07) is 16.7. The van der Waals surface area contributed by atoms with Crippen LogP contribution in [-0.4, -0.2) is 44.6 Å². The van der Waals surface area contributed by atoms with E-state index in [1.165, 1.54) is 59.2 Å². The van der Waals surface area contributed by atoms with E-state index in [2.05, 4.69) is 25.1 Å². The van der Waals surface area contributed by atoms with Crippen LogP contribution in [0.4, 0.5) is 28.0 Å². The summed E-state index contributed by atoms with van der Waals surface area (Å²) in [4.78, 5) is 22.9. The van der Waals surface area contributed by atoms with Crippen LogP contribution >= 0.6 is 11.8 Å². The van der Waals surface area contributed by atoms with Gasteiger partial charge in [-0.05, 0) is 49.2 Å². The number of para-hydroxylation sites is 1. The number of nitrogens with zero attached hydrogens (tertiary/aromatic N) is 5. The van der Waals surface area contributed by atoms with Gasteiger partial charge in [0.2, 0.25) is 0 Å². The average Bonchev–Trinajstić information content (AvgIpc) is 3.62. The molecular formula is C29H24F4N6O2S. The highest BCUT2D eigenvalue weighted by Gasteiger charge is 2.31. The van der Waals surface area contributed by atoms with Gasteiger partial charge in [-0.1, -0.05) is 54.2 Å². The summed E-state index contributed by atoms with van der Waals surface area (Å²) in [7, 11) is 0. The summed E-state index contributed by atoms with van der Waals surface area (Å²) in [5.74, 6) is 0.0958. The number of urea groups is 1. The summed E-state index contributed by atoms with van der Waals surface area (Å²) < 4.78 is 57.2. The molecule has 1 fully saturated rings. The number of aromatic nitrogens is 3. The Morgan fingerprint density at radius 2 is 1.74 bits per heavy atom. The van der Waals surface area contributed by atoms with Crippen molar-refractivity contribution in [1.82, 2.24) is 20.1 Å². The zero-order chi connectivity index (χ0) is 29.9. The minimum Gasteiger partial charge on any atom is -0.406 e. The molecule has 0 bridgehead atoms. The molecular weight excluding hydrogens is 572 g/mol. The number of aryl methyl sites for hydroxylation is 2. The number of benzene rings is 3. The number of carbonyl (C=O) groups excluding carboxylic acids is 1. The van der Waals surface area contributed by atoms with Crippen molar-refractivity contribution in [3.8, 4) is 22.8 Å². The van der Waals surface area contributed by atoms with Gasteiger partial charge < -0.3 is 15.0 Å². The number of hydrogen-bond acceptors (Lipinski definition) is 5. The number of rotatable bonds is 6. The second kappa shape index (κ2) is 12.1. The van der Waals surface area contributed by atoms with E-state index in [-0.39, 0.29) is 11.3 Å². The highest BCUT2D eigenvalue weighted by atomic mass is 32.2. The van der Waals surface area contributed by atoms with Gasteiger partial charge in [0, 0.05) is 35.3 Å². The summed E-state index contributed by atoms with van der Waals surface area (Å²) >= 11 is 1.46. The van der Waals surface area contributed by atoms with Crippen LogP contribution in [0, 0.1) is 13.8 Å². The molecule has 0 radical (unpaired) electrons. The Bertz CT molecular complexity index is 1630. The van der Waals surface area contributed by atoms with Crippen molar-refractivity contribution in [1.29, 1.82) is 0 Å². The SMILES string of the molecule is Cc1cccc(C)c1N1CCSC1=NC(=O)N/C=C(\F)c1ccc(-c2ncn(-c3ccc(OC(F)(F)F)cc3)n2)cc1. The molecule has 0 spiro atoms. The molecule has 42 heavy (non-hydrogen) atoms. The van der Waals surface area contributed by atoms with E-state index in [0.717, 1.165) is 35.3 Å². The second-order valence-electron chi connectivity index (χ2n) is 9.21. The quantitative estimate of drug-likeness (QED) is 0.241. The Labute approximate surface area is 242 Å². The number of alkyl halides is 3. The second-order valence-corrected chi connectivity index (χ2v) is 10.3. The first-order valence-corrected chi connectivity index (χ1v) is 13.7. The lowest BCUT2D eigenvalue weighted by Crippen LogP contribution is -2.27. The maximum Gasteiger partial charge on any atom is 0.573 e. The molecule has 0 saturated carbocycles. The van der Waals surface area contributed by atoms with E-state index in [1.54, 1.807) is 12.1 Å². The highest BCUT2D eigenvalue weighted by molar-refractivity contribution is 8.14. The van der Waals surface area contributed by atoms with E-state index in [4.69, 9.17) is 0 Å². The Hall–Kier alpha value is -4.65. The fraction of sp³-hybridized carbons (Fsp3) is 0.172. The normalized spacial score (nSPS) is 14.9. The molecule has 3 aromatic carbocycles. The number of aliphatic imine (C=N–C) groups is 1. The lowest BCUT2D eigenvalue weighted by molar-refractivity contribution is -0.274. The molecule has 8 nitrogen and oxygen atoms in total. The van der Waals surface area contributed by atoms with Crippen LogP contribution in [0.25, 0.3) is 22.9 Å². The van der Waals surface area contributed by atoms with Crippen molar-refractivity contribution in [2.75, 3.05) is 17.2 Å². The molecule has 2 amide bonds. The molecule has 13 heteroatoms. The Kier molecular flexibility index (Phi) is 8.29. The van der Waals surface area contributed by atoms with Crippen molar-refractivity contribution in [3.05, 3.63) is 95.9 Å². The molecule has 4 aromatic rings. The monoisotopic (exact) mass is 596 g/mol. The van der Waals surface area contributed by atoms with Crippen LogP contribution in [-0.2, 0) is 0 Å². The summed E-state index contributed by atoms with van der Waals surface area (Å²) in [5, 5.41) is 7.28. The van der Waals surface area contributed by atoms with Crippen molar-refractivity contribution >= 4 is 34.5 Å². The number of anilines is 1. The van der Waals surface area contributed by atoms with E-state index in [1.807, 2.05) is 36.9 Å². The molecule has 0 aliphatic carbocycles. The van der Waals surface area contributed by atoms with Gasteiger partial charge in [-0.3, -0.25) is 0 Å². The largest absolute Gasteiger partial charge is 0.573 e. The first-order chi connectivity index (χ1) is 20.1. The maximum absolute atomic E-state index is 14.8. The molecule has 1 aliphatic rings. The Morgan fingerprint density at radius 3 is 2.40 bits per heavy atom. The summed E-state index contributed by atoms with van der Waals surface area (Å²) in [5.41, 5.74) is 4.46. The predicted octanol–water partition coefficient (Wildman–Crippen LogP) is 7.04. The summed E-state index contributed by atoms with van der Waals surface area (Å²) in [6.07, 6.45) is -2.41. The summed E-state index contributed by atoms with van der Waals surface area (Å²) in [6.45, 7) is 4.73. The fourth-order valence-electron chi connectivity index (χ4n) is 4.36. The van der Waals surface area contributed by atoms with Crippen LogP contribution in [0.15, 0.2) is 84.2 Å². The van der Waals surface area contributed by atoms with Crippen LogP contribution in [0.5, 0.6) is 5.75 Å². The van der Waals surface area contributed by atoms with Gasteiger partial charge in [-0.2, -0.15) is 4.99 Å². The number of ether oxygens (including phenoxy) is 1. The van der Waals surface area contributed by atoms with Crippen LogP contribution in [0.2, 0.25) is 0 Å². The van der Waals surface area contributed by atoms with Crippen molar-refractivity contribution in [2.24, 2.45) is 4.99 Å². The van der Waals surface area contributed by atoms with Gasteiger partial charge in [0.15, 0.2) is 11.0 Å². The molecule has 1 N–H and O–H groups in total. The first kappa shape index (κ1) is 28.9. The van der Waals surface area contributed by atoms with Gasteiger partial charge in [-0.25, -0.2) is 18.9 Å². The van der Waals surface area contributed by atoms with E-state index >= 15 is 0 Å². The average molecular weight is 597 g/mol. The molecule has 216 valence electrons. The zero-order valence-corrected chi connectivity index (χ0v) is 23.2. The smallest absolute Gasteiger partial charge is 0.406 e. The predicted molar refractivity (Wildman–Crippen MR) is 154 cm³/mol. The number of hydrogen-bond donors (Lipinski definition) is 1. The lowest BCUT2D eigenvalue weighted by atomic mass is 10.1. The topological polar surface area (TPSA) is 84.6 Å². The molecule has 0 unspecified atom stereocenters. The Morgan fingerprint density at radius 1 is 1.05 bits per heavy atom. The first-order valence-electron chi connectivity index (χ1n) is 12.7. The van der Waals surface area contributed by atoms with Crippen molar-refractivity contribution in [2.45, 2.75) is 20.2 Å². The minimum absolute atomic E-state index is 0.221. The fourth-order valence-corrected chi connectivity index (χ4v) is 5.30. The van der Waals surface area contributed by atoms with E-state index < -0.39 is 18.2 Å². The van der Waals surface area contributed by atoms with Gasteiger partial charge in [0.25, 0.3) is 0 Å². The highest BCUT2D eigenvalue weighted by Crippen LogP contribution is 2.31. The van der Waals surface area contributed by atoms with E-state index in [9.17, 15) is 22.4 Å². The third-order valence-corrected chi connectivity index (χ3v) is 7.21. The van der Waals surface area contributed by atoms with E-state index in [0.29, 0.717) is 22.2 Å². The van der Waals surface area contributed by atoms with Crippen LogP contribution in [0.3, 0.4) is 0 Å². The molecule has 1 aromatic heterocycles. The van der Waals surface area contributed by atoms with Crippen LogP contribution in [0.1, 0.15) is 16.7 Å². The molecule has 1 aliphatic heterocycles. The minimum atomic E-state index is -4.78. The van der Waals surface area contributed by atoms with Crippen molar-refractivity contribution in [3.63, 3.8) is 0 Å².